The highest BCUT2D eigenvalue weighted by Crippen LogP contribution is 2.18. The van der Waals surface area contributed by atoms with Gasteiger partial charge in [-0.1, -0.05) is 11.6 Å². The second-order valence-electron chi connectivity index (χ2n) is 7.18. The molecule has 0 atom stereocenters. The Balaban J connectivity index is 1.44. The van der Waals surface area contributed by atoms with Crippen molar-refractivity contribution in [3.05, 3.63) is 58.0 Å². The number of nitriles is 1. The quantitative estimate of drug-likeness (QED) is 0.524. The first-order chi connectivity index (χ1) is 14.9. The second kappa shape index (κ2) is 10.0. The van der Waals surface area contributed by atoms with Crippen molar-refractivity contribution in [3.8, 4) is 6.07 Å². The van der Waals surface area contributed by atoms with E-state index in [0.717, 1.165) is 17.0 Å². The zero-order valence-electron chi connectivity index (χ0n) is 17.4. The lowest BCUT2D eigenvalue weighted by Gasteiger charge is -2.11. The summed E-state index contributed by atoms with van der Waals surface area (Å²) in [6, 6.07) is 8.98. The molecular weight excluding hydrogens is 416 g/mol. The van der Waals surface area contributed by atoms with Crippen LogP contribution >= 0.6 is 11.6 Å². The van der Waals surface area contributed by atoms with Crippen LogP contribution in [0.25, 0.3) is 5.65 Å². The number of halogens is 1. The number of amides is 2. The van der Waals surface area contributed by atoms with Gasteiger partial charge in [0.2, 0.25) is 11.8 Å². The van der Waals surface area contributed by atoms with Crippen molar-refractivity contribution in [1.82, 2.24) is 19.9 Å². The fourth-order valence-corrected chi connectivity index (χ4v) is 3.44. The molecule has 0 unspecified atom stereocenters. The van der Waals surface area contributed by atoms with Crippen molar-refractivity contribution >= 4 is 34.7 Å². The number of hydrogen-bond donors (Lipinski definition) is 2. The molecule has 3 aromatic rings. The SMILES string of the molecule is Cc1nc2c(C#N)cnn2c(C)c1CCC(=O)NCCCC(=O)Nc1ccc(Cl)cc1. The van der Waals surface area contributed by atoms with Crippen LogP contribution in [0, 0.1) is 25.2 Å². The molecule has 0 saturated carbocycles. The third-order valence-electron chi connectivity index (χ3n) is 4.96. The van der Waals surface area contributed by atoms with E-state index in [1.807, 2.05) is 13.8 Å². The molecule has 2 aromatic heterocycles. The van der Waals surface area contributed by atoms with E-state index in [1.165, 1.54) is 6.20 Å². The van der Waals surface area contributed by atoms with Gasteiger partial charge >= 0.3 is 0 Å². The van der Waals surface area contributed by atoms with Crippen LogP contribution in [0.1, 0.15) is 41.8 Å². The van der Waals surface area contributed by atoms with Crippen LogP contribution in [0.3, 0.4) is 0 Å². The molecule has 0 aliphatic carbocycles. The second-order valence-corrected chi connectivity index (χ2v) is 7.61. The molecule has 1 aromatic carbocycles. The summed E-state index contributed by atoms with van der Waals surface area (Å²) in [6.45, 7) is 4.20. The third-order valence-corrected chi connectivity index (χ3v) is 5.21. The number of benzene rings is 1. The van der Waals surface area contributed by atoms with Crippen LogP contribution in [0.15, 0.2) is 30.5 Å². The van der Waals surface area contributed by atoms with Crippen molar-refractivity contribution in [1.29, 1.82) is 5.26 Å². The molecule has 8 nitrogen and oxygen atoms in total. The van der Waals surface area contributed by atoms with E-state index in [-0.39, 0.29) is 11.8 Å². The standard InChI is InChI=1S/C22H23ClN6O2/c1-14-19(15(2)29-22(27-14)16(12-24)13-26-29)9-10-20(30)25-11-3-4-21(31)28-18-7-5-17(23)6-8-18/h5-8,13H,3-4,9-11H2,1-2H3,(H,25,30)(H,28,31). The molecule has 0 spiro atoms. The number of carbonyl (C=O) groups excluding carboxylic acids is 2. The Morgan fingerprint density at radius 2 is 1.90 bits per heavy atom. The summed E-state index contributed by atoms with van der Waals surface area (Å²) in [5.74, 6) is -0.201. The summed E-state index contributed by atoms with van der Waals surface area (Å²) in [4.78, 5) is 28.7. The summed E-state index contributed by atoms with van der Waals surface area (Å²) in [7, 11) is 0. The zero-order chi connectivity index (χ0) is 22.4. The molecule has 0 fully saturated rings. The highest BCUT2D eigenvalue weighted by Gasteiger charge is 2.14. The maximum absolute atomic E-state index is 12.2. The third kappa shape index (κ3) is 5.58. The number of fused-ring (bicyclic) bond motifs is 1. The highest BCUT2D eigenvalue weighted by atomic mass is 35.5. The van der Waals surface area contributed by atoms with Crippen LogP contribution in [-0.2, 0) is 16.0 Å². The minimum atomic E-state index is -0.113. The number of anilines is 1. The summed E-state index contributed by atoms with van der Waals surface area (Å²) in [6.07, 6.45) is 3.17. The van der Waals surface area contributed by atoms with Gasteiger partial charge in [-0.2, -0.15) is 10.4 Å². The summed E-state index contributed by atoms with van der Waals surface area (Å²) >= 11 is 5.82. The van der Waals surface area contributed by atoms with Crippen LogP contribution in [0.2, 0.25) is 5.02 Å². The lowest BCUT2D eigenvalue weighted by molar-refractivity contribution is -0.121. The van der Waals surface area contributed by atoms with Gasteiger partial charge in [0, 0.05) is 41.5 Å². The number of hydrogen-bond acceptors (Lipinski definition) is 5. The fraction of sp³-hybridized carbons (Fsp3) is 0.318. The van der Waals surface area contributed by atoms with E-state index in [9.17, 15) is 9.59 Å². The molecule has 2 N–H and O–H groups in total. The largest absolute Gasteiger partial charge is 0.356 e. The topological polar surface area (TPSA) is 112 Å². The minimum absolute atomic E-state index is 0.0878. The maximum atomic E-state index is 12.2. The normalized spacial score (nSPS) is 10.6. The average molecular weight is 439 g/mol. The van der Waals surface area contributed by atoms with E-state index in [1.54, 1.807) is 28.8 Å². The number of aromatic nitrogens is 3. The fourth-order valence-electron chi connectivity index (χ4n) is 3.31. The van der Waals surface area contributed by atoms with Crippen molar-refractivity contribution in [2.45, 2.75) is 39.5 Å². The molecule has 2 heterocycles. The number of carbonyl (C=O) groups is 2. The molecular formula is C22H23ClN6O2. The van der Waals surface area contributed by atoms with Gasteiger partial charge < -0.3 is 10.6 Å². The molecule has 0 radical (unpaired) electrons. The summed E-state index contributed by atoms with van der Waals surface area (Å²) < 4.78 is 1.64. The van der Waals surface area contributed by atoms with Crippen molar-refractivity contribution in [3.63, 3.8) is 0 Å². The molecule has 2 amide bonds. The number of rotatable bonds is 8. The number of nitrogens with one attached hydrogen (secondary N) is 2. The van der Waals surface area contributed by atoms with Gasteiger partial charge in [-0.15, -0.1) is 0 Å². The van der Waals surface area contributed by atoms with Crippen LogP contribution < -0.4 is 10.6 Å². The van der Waals surface area contributed by atoms with Crippen molar-refractivity contribution < 1.29 is 9.59 Å². The molecule has 0 aliphatic rings. The molecule has 0 saturated heterocycles. The van der Waals surface area contributed by atoms with E-state index >= 15 is 0 Å². The van der Waals surface area contributed by atoms with Gasteiger partial charge in [0.05, 0.1) is 6.20 Å². The molecule has 0 aliphatic heterocycles. The predicted molar refractivity (Wildman–Crippen MR) is 118 cm³/mol. The Morgan fingerprint density at radius 1 is 1.16 bits per heavy atom. The monoisotopic (exact) mass is 438 g/mol. The zero-order valence-corrected chi connectivity index (χ0v) is 18.2. The summed E-state index contributed by atoms with van der Waals surface area (Å²) in [5, 5.41) is 19.6. The van der Waals surface area contributed by atoms with Gasteiger partial charge in [0.1, 0.15) is 11.6 Å². The molecule has 31 heavy (non-hydrogen) atoms. The first-order valence-electron chi connectivity index (χ1n) is 9.95. The van der Waals surface area contributed by atoms with Gasteiger partial charge in [-0.3, -0.25) is 9.59 Å². The summed E-state index contributed by atoms with van der Waals surface area (Å²) in [5.41, 5.74) is 4.24. The average Bonchev–Trinajstić information content (AvgIpc) is 3.15. The Morgan fingerprint density at radius 3 is 2.61 bits per heavy atom. The minimum Gasteiger partial charge on any atom is -0.356 e. The van der Waals surface area contributed by atoms with E-state index in [4.69, 9.17) is 16.9 Å². The Kier molecular flexibility index (Phi) is 7.21. The lowest BCUT2D eigenvalue weighted by Crippen LogP contribution is -2.26. The van der Waals surface area contributed by atoms with Crippen molar-refractivity contribution in [2.24, 2.45) is 0 Å². The van der Waals surface area contributed by atoms with Crippen molar-refractivity contribution in [2.75, 3.05) is 11.9 Å². The van der Waals surface area contributed by atoms with Gasteiger partial charge in [-0.25, -0.2) is 9.50 Å². The van der Waals surface area contributed by atoms with Crippen LogP contribution in [0.5, 0.6) is 0 Å². The number of aryl methyl sites for hydroxylation is 2. The van der Waals surface area contributed by atoms with E-state index in [0.29, 0.717) is 54.1 Å². The smallest absolute Gasteiger partial charge is 0.224 e. The van der Waals surface area contributed by atoms with Crippen LogP contribution in [0.4, 0.5) is 5.69 Å². The van der Waals surface area contributed by atoms with E-state index < -0.39 is 0 Å². The van der Waals surface area contributed by atoms with Gasteiger partial charge in [0.15, 0.2) is 5.65 Å². The lowest BCUT2D eigenvalue weighted by atomic mass is 10.1. The Bertz CT molecular complexity index is 1150. The Labute approximate surface area is 185 Å². The predicted octanol–water partition coefficient (Wildman–Crippen LogP) is 3.34. The molecule has 9 heteroatoms. The molecule has 3 rings (SSSR count). The van der Waals surface area contributed by atoms with E-state index in [2.05, 4.69) is 26.8 Å². The van der Waals surface area contributed by atoms with Crippen LogP contribution in [-0.4, -0.2) is 33.0 Å². The Hall–Kier alpha value is -3.44. The maximum Gasteiger partial charge on any atom is 0.224 e. The highest BCUT2D eigenvalue weighted by molar-refractivity contribution is 6.30. The first-order valence-corrected chi connectivity index (χ1v) is 10.3. The first kappa shape index (κ1) is 22.2. The molecule has 0 bridgehead atoms. The molecule has 160 valence electrons. The van der Waals surface area contributed by atoms with Gasteiger partial charge in [0.25, 0.3) is 0 Å². The van der Waals surface area contributed by atoms with Gasteiger partial charge in [-0.05, 0) is 56.5 Å². The number of nitrogens with zero attached hydrogens (tertiary/aromatic N) is 4.